The van der Waals surface area contributed by atoms with Crippen molar-refractivity contribution in [3.63, 3.8) is 0 Å². The highest BCUT2D eigenvalue weighted by Crippen LogP contribution is 2.34. The number of fused-ring (bicyclic) bond motifs is 1. The van der Waals surface area contributed by atoms with Crippen molar-refractivity contribution in [1.29, 1.82) is 0 Å². The molecule has 12 heteroatoms. The molecular formula is C28H32N8O3S. The van der Waals surface area contributed by atoms with Crippen LogP contribution < -0.4 is 15.4 Å². The lowest BCUT2D eigenvalue weighted by atomic mass is 9.96. The Morgan fingerprint density at radius 1 is 1.07 bits per heavy atom. The average molecular weight is 561 g/mol. The number of aryl methyl sites for hydroxylation is 1. The van der Waals surface area contributed by atoms with Crippen LogP contribution in [-0.2, 0) is 4.79 Å². The maximum atomic E-state index is 13.1. The molecule has 2 aliphatic rings. The largest absolute Gasteiger partial charge is 0.456 e. The third-order valence-electron chi connectivity index (χ3n) is 7.52. The lowest BCUT2D eigenvalue weighted by Gasteiger charge is -2.30. The van der Waals surface area contributed by atoms with Gasteiger partial charge in [0.25, 0.3) is 5.91 Å². The van der Waals surface area contributed by atoms with Crippen LogP contribution in [0, 0.1) is 12.8 Å². The van der Waals surface area contributed by atoms with Gasteiger partial charge in [-0.3, -0.25) is 20.0 Å². The fraction of sp³-hybridized carbons (Fsp3) is 0.393. The number of piperidine rings is 1. The molecule has 5 heterocycles. The molecule has 6 rings (SSSR count). The van der Waals surface area contributed by atoms with Crippen LogP contribution in [0.3, 0.4) is 0 Å². The van der Waals surface area contributed by atoms with E-state index in [0.717, 1.165) is 49.2 Å². The number of aromatic nitrogens is 4. The molecule has 1 atom stereocenters. The van der Waals surface area contributed by atoms with Crippen LogP contribution in [0.5, 0.6) is 11.5 Å². The van der Waals surface area contributed by atoms with Gasteiger partial charge in [0.2, 0.25) is 5.91 Å². The van der Waals surface area contributed by atoms with E-state index in [9.17, 15) is 9.59 Å². The van der Waals surface area contributed by atoms with Crippen molar-refractivity contribution >= 4 is 45.1 Å². The van der Waals surface area contributed by atoms with Crippen LogP contribution in [0.1, 0.15) is 34.5 Å². The second-order valence-corrected chi connectivity index (χ2v) is 11.7. The smallest absolute Gasteiger partial charge is 0.257 e. The van der Waals surface area contributed by atoms with Crippen molar-refractivity contribution in [1.82, 2.24) is 30.0 Å². The van der Waals surface area contributed by atoms with Gasteiger partial charge >= 0.3 is 0 Å². The molecule has 0 aliphatic carbocycles. The molecule has 1 aromatic carbocycles. The zero-order valence-corrected chi connectivity index (χ0v) is 23.3. The molecule has 4 aromatic rings. The number of pyridine rings is 1. The summed E-state index contributed by atoms with van der Waals surface area (Å²) in [5.41, 5.74) is 1.11. The summed E-state index contributed by atoms with van der Waals surface area (Å²) in [4.78, 5) is 39.5. The lowest BCUT2D eigenvalue weighted by molar-refractivity contribution is -0.135. The number of nitrogens with zero attached hydrogens (tertiary/aromatic N) is 5. The first-order valence-electron chi connectivity index (χ1n) is 13.5. The van der Waals surface area contributed by atoms with Crippen molar-refractivity contribution in [3.8, 4) is 11.5 Å². The van der Waals surface area contributed by atoms with E-state index in [1.165, 1.54) is 11.3 Å². The number of H-pyrrole nitrogens is 1. The maximum Gasteiger partial charge on any atom is 0.257 e. The molecule has 0 spiro atoms. The van der Waals surface area contributed by atoms with Gasteiger partial charge in [-0.05, 0) is 70.6 Å². The van der Waals surface area contributed by atoms with Crippen molar-refractivity contribution < 1.29 is 14.3 Å². The Kier molecular flexibility index (Phi) is 7.35. The molecule has 0 bridgehead atoms. The van der Waals surface area contributed by atoms with E-state index < -0.39 is 0 Å². The lowest BCUT2D eigenvalue weighted by Crippen LogP contribution is -2.41. The molecule has 3 aromatic heterocycles. The molecule has 40 heavy (non-hydrogen) atoms. The molecule has 0 saturated carbocycles. The number of amides is 2. The minimum absolute atomic E-state index is 0.0918. The highest BCUT2D eigenvalue weighted by molar-refractivity contribution is 7.15. The minimum atomic E-state index is -0.228. The van der Waals surface area contributed by atoms with E-state index >= 15 is 0 Å². The first-order valence-corrected chi connectivity index (χ1v) is 14.3. The van der Waals surface area contributed by atoms with E-state index in [1.807, 2.05) is 11.8 Å². The maximum absolute atomic E-state index is 13.1. The highest BCUT2D eigenvalue weighted by atomic mass is 32.1. The van der Waals surface area contributed by atoms with Crippen LogP contribution in [0.2, 0.25) is 0 Å². The van der Waals surface area contributed by atoms with Gasteiger partial charge in [0.1, 0.15) is 16.9 Å². The molecule has 2 aliphatic heterocycles. The van der Waals surface area contributed by atoms with Gasteiger partial charge < -0.3 is 19.9 Å². The van der Waals surface area contributed by atoms with E-state index in [2.05, 4.69) is 42.7 Å². The van der Waals surface area contributed by atoms with E-state index in [0.29, 0.717) is 40.2 Å². The number of rotatable bonds is 7. The number of carbonyl (C=O) groups is 2. The first-order chi connectivity index (χ1) is 19.4. The Balaban J connectivity index is 1.11. The molecule has 2 fully saturated rings. The summed E-state index contributed by atoms with van der Waals surface area (Å²) in [6, 6.07) is 8.82. The van der Waals surface area contributed by atoms with Gasteiger partial charge in [-0.2, -0.15) is 5.10 Å². The molecule has 3 N–H and O–H groups in total. The van der Waals surface area contributed by atoms with Crippen molar-refractivity contribution in [2.24, 2.45) is 5.92 Å². The standard InChI is InChI=1S/C28H32N8O3S/c1-17-15-30-28(40-17)32-26(37)18-3-5-21(6-4-18)39-22-7-11-29-24-23(22)25(34-33-24)31-20-10-14-36(16-20)27(38)19-8-12-35(2)13-9-19/h3-7,11,15,19-20H,8-10,12-14,16H2,1-2H3,(H,30,32,37)(H2,29,31,33,34)/t20-/m1/s1. The fourth-order valence-electron chi connectivity index (χ4n) is 5.28. The third kappa shape index (κ3) is 5.63. The Morgan fingerprint density at radius 2 is 1.88 bits per heavy atom. The Hall–Kier alpha value is -4.03. The number of nitrogens with one attached hydrogen (secondary N) is 3. The predicted octanol–water partition coefficient (Wildman–Crippen LogP) is 4.12. The average Bonchev–Trinajstić information content (AvgIpc) is 3.70. The second-order valence-electron chi connectivity index (χ2n) is 10.5. The number of aromatic amines is 1. The normalized spacial score (nSPS) is 18.2. The fourth-order valence-corrected chi connectivity index (χ4v) is 5.94. The zero-order valence-electron chi connectivity index (χ0n) is 22.5. The molecule has 2 saturated heterocycles. The van der Waals surface area contributed by atoms with Crippen LogP contribution >= 0.6 is 11.3 Å². The van der Waals surface area contributed by atoms with Crippen LogP contribution in [0.4, 0.5) is 10.9 Å². The number of anilines is 2. The van der Waals surface area contributed by atoms with Crippen LogP contribution in [0.15, 0.2) is 42.7 Å². The van der Waals surface area contributed by atoms with Crippen LogP contribution in [0.25, 0.3) is 11.0 Å². The van der Waals surface area contributed by atoms with Gasteiger partial charge in [0.05, 0.1) is 0 Å². The number of hydrogen-bond donors (Lipinski definition) is 3. The second kappa shape index (κ2) is 11.2. The first kappa shape index (κ1) is 26.2. The molecule has 0 radical (unpaired) electrons. The third-order valence-corrected chi connectivity index (χ3v) is 8.35. The number of likely N-dealkylation sites (tertiary alicyclic amines) is 2. The summed E-state index contributed by atoms with van der Waals surface area (Å²) in [7, 11) is 2.11. The number of benzene rings is 1. The summed E-state index contributed by atoms with van der Waals surface area (Å²) in [5.74, 6) is 1.99. The van der Waals surface area contributed by atoms with Gasteiger partial charge in [-0.15, -0.1) is 11.3 Å². The van der Waals surface area contributed by atoms with Crippen LogP contribution in [-0.4, -0.2) is 81.0 Å². The summed E-state index contributed by atoms with van der Waals surface area (Å²) in [6.45, 7) is 5.29. The van der Waals surface area contributed by atoms with E-state index in [4.69, 9.17) is 4.74 Å². The quantitative estimate of drug-likeness (QED) is 0.308. The van der Waals surface area contributed by atoms with Gasteiger partial charge in [-0.1, -0.05) is 0 Å². The zero-order chi connectivity index (χ0) is 27.6. The number of hydrogen-bond acceptors (Lipinski definition) is 9. The summed E-state index contributed by atoms with van der Waals surface area (Å²) in [6.07, 6.45) is 6.10. The molecule has 0 unspecified atom stereocenters. The summed E-state index contributed by atoms with van der Waals surface area (Å²) < 4.78 is 6.21. The van der Waals surface area contributed by atoms with Gasteiger partial charge in [-0.25, -0.2) is 9.97 Å². The topological polar surface area (TPSA) is 128 Å². The number of ether oxygens (including phenoxy) is 1. The minimum Gasteiger partial charge on any atom is -0.456 e. The van der Waals surface area contributed by atoms with Gasteiger partial charge in [0, 0.05) is 53.9 Å². The van der Waals surface area contributed by atoms with Crippen molar-refractivity contribution in [2.45, 2.75) is 32.2 Å². The van der Waals surface area contributed by atoms with Crippen molar-refractivity contribution in [3.05, 3.63) is 53.2 Å². The Morgan fingerprint density at radius 3 is 2.62 bits per heavy atom. The van der Waals surface area contributed by atoms with Gasteiger partial charge in [0.15, 0.2) is 16.6 Å². The Labute approximate surface area is 235 Å². The van der Waals surface area contributed by atoms with E-state index in [1.54, 1.807) is 42.7 Å². The number of thiazole rings is 1. The number of carbonyl (C=O) groups excluding carboxylic acids is 2. The molecule has 208 valence electrons. The summed E-state index contributed by atoms with van der Waals surface area (Å²) in [5, 5.41) is 15.1. The summed E-state index contributed by atoms with van der Waals surface area (Å²) >= 11 is 1.43. The Bertz CT molecular complexity index is 1510. The van der Waals surface area contributed by atoms with Crippen molar-refractivity contribution in [2.75, 3.05) is 43.9 Å². The monoisotopic (exact) mass is 560 g/mol. The molecular weight excluding hydrogens is 528 g/mol. The predicted molar refractivity (Wildman–Crippen MR) is 154 cm³/mol. The SMILES string of the molecule is Cc1cnc(NC(=O)c2ccc(Oc3ccnc4[nH]nc(N[C@@H]5CCN(C(=O)C6CCN(C)CC6)C5)c34)cc2)s1. The molecule has 2 amide bonds. The molecule has 11 nitrogen and oxygen atoms in total. The van der Waals surface area contributed by atoms with E-state index in [-0.39, 0.29) is 23.8 Å². The highest BCUT2D eigenvalue weighted by Gasteiger charge is 2.33.